The molecule has 0 amide bonds. The maximum absolute atomic E-state index is 8.88. The van der Waals surface area contributed by atoms with Crippen molar-refractivity contribution in [2.75, 3.05) is 19.7 Å². The highest BCUT2D eigenvalue weighted by atomic mass is 16.5. The van der Waals surface area contributed by atoms with Crippen LogP contribution >= 0.6 is 0 Å². The summed E-state index contributed by atoms with van der Waals surface area (Å²) >= 11 is 0. The number of nitrogens with one attached hydrogen (secondary N) is 1. The van der Waals surface area contributed by atoms with Gasteiger partial charge in [-0.1, -0.05) is 13.5 Å². The molecular weight excluding hydrogens is 224 g/mol. The highest BCUT2D eigenvalue weighted by Crippen LogP contribution is 2.24. The molecule has 0 fully saturated rings. The molecule has 18 heavy (non-hydrogen) atoms. The van der Waals surface area contributed by atoms with E-state index in [0.717, 1.165) is 35.5 Å². The Morgan fingerprint density at radius 3 is 2.50 bits per heavy atom. The summed E-state index contributed by atoms with van der Waals surface area (Å²) in [5.74, 6) is 0.853. The molecule has 3 nitrogen and oxygen atoms in total. The van der Waals surface area contributed by atoms with Crippen LogP contribution in [-0.2, 0) is 0 Å². The molecule has 0 saturated heterocycles. The van der Waals surface area contributed by atoms with Crippen LogP contribution in [0.3, 0.4) is 0 Å². The Morgan fingerprint density at radius 2 is 2.00 bits per heavy atom. The van der Waals surface area contributed by atoms with Gasteiger partial charge in [0.15, 0.2) is 0 Å². The summed E-state index contributed by atoms with van der Waals surface area (Å²) in [5.41, 5.74) is 3.66. The Bertz CT molecular complexity index is 449. The first-order chi connectivity index (χ1) is 8.58. The first-order valence-electron chi connectivity index (χ1n) is 6.10. The Hall–Kier alpha value is -1.79. The van der Waals surface area contributed by atoms with Crippen molar-refractivity contribution in [3.8, 4) is 11.8 Å². The van der Waals surface area contributed by atoms with Crippen LogP contribution in [0.2, 0.25) is 0 Å². The fraction of sp³-hybridized carbons (Fsp3) is 0.400. The SMILES string of the molecule is C=C(CNCC)COc1c(C)cc(C#N)cc1C. The van der Waals surface area contributed by atoms with Crippen molar-refractivity contribution >= 4 is 0 Å². The number of aryl methyl sites for hydroxylation is 2. The molecule has 0 radical (unpaired) electrons. The molecule has 1 aromatic rings. The zero-order chi connectivity index (χ0) is 13.5. The molecule has 1 N–H and O–H groups in total. The van der Waals surface area contributed by atoms with E-state index in [4.69, 9.17) is 10.00 Å². The average molecular weight is 244 g/mol. The number of benzene rings is 1. The molecular formula is C15H20N2O. The largest absolute Gasteiger partial charge is 0.489 e. The first-order valence-corrected chi connectivity index (χ1v) is 6.10. The van der Waals surface area contributed by atoms with Crippen molar-refractivity contribution < 1.29 is 4.74 Å². The predicted molar refractivity (Wildman–Crippen MR) is 73.8 cm³/mol. The summed E-state index contributed by atoms with van der Waals surface area (Å²) in [6.07, 6.45) is 0. The van der Waals surface area contributed by atoms with Crippen LogP contribution in [-0.4, -0.2) is 19.7 Å². The minimum absolute atomic E-state index is 0.501. The van der Waals surface area contributed by atoms with Crippen LogP contribution in [0.25, 0.3) is 0 Å². The Kier molecular flexibility index (Phi) is 5.41. The average Bonchev–Trinajstić information content (AvgIpc) is 2.34. The van der Waals surface area contributed by atoms with Crippen LogP contribution in [0, 0.1) is 25.2 Å². The molecule has 0 spiro atoms. The third-order valence-corrected chi connectivity index (χ3v) is 2.64. The van der Waals surface area contributed by atoms with Crippen molar-refractivity contribution in [2.24, 2.45) is 0 Å². The van der Waals surface area contributed by atoms with E-state index in [0.29, 0.717) is 12.2 Å². The van der Waals surface area contributed by atoms with Gasteiger partial charge in [0.25, 0.3) is 0 Å². The number of nitrogens with zero attached hydrogens (tertiary/aromatic N) is 1. The van der Waals surface area contributed by atoms with E-state index >= 15 is 0 Å². The molecule has 0 aliphatic carbocycles. The number of ether oxygens (including phenoxy) is 1. The fourth-order valence-corrected chi connectivity index (χ4v) is 1.77. The summed E-state index contributed by atoms with van der Waals surface area (Å²) in [6, 6.07) is 5.83. The second-order valence-corrected chi connectivity index (χ2v) is 4.37. The smallest absolute Gasteiger partial charge is 0.125 e. The standard InChI is InChI=1S/C15H20N2O/c1-5-17-9-11(2)10-18-15-12(3)6-14(8-16)7-13(15)4/h6-7,17H,2,5,9-10H2,1,3-4H3. The zero-order valence-corrected chi connectivity index (χ0v) is 11.3. The van der Waals surface area contributed by atoms with Gasteiger partial charge in [0.2, 0.25) is 0 Å². The third-order valence-electron chi connectivity index (χ3n) is 2.64. The lowest BCUT2D eigenvalue weighted by molar-refractivity contribution is 0.344. The number of likely N-dealkylation sites (N-methyl/N-ethyl adjacent to an activating group) is 1. The van der Waals surface area contributed by atoms with Gasteiger partial charge < -0.3 is 10.1 Å². The van der Waals surface area contributed by atoms with Crippen LogP contribution in [0.5, 0.6) is 5.75 Å². The topological polar surface area (TPSA) is 45.0 Å². The van der Waals surface area contributed by atoms with E-state index in [2.05, 4.69) is 24.9 Å². The summed E-state index contributed by atoms with van der Waals surface area (Å²) in [4.78, 5) is 0. The lowest BCUT2D eigenvalue weighted by Crippen LogP contribution is -2.19. The van der Waals surface area contributed by atoms with E-state index in [1.807, 2.05) is 26.0 Å². The molecule has 0 unspecified atom stereocenters. The number of rotatable bonds is 6. The first kappa shape index (κ1) is 14.3. The molecule has 0 heterocycles. The second kappa shape index (κ2) is 6.83. The summed E-state index contributed by atoms with van der Waals surface area (Å²) in [7, 11) is 0. The van der Waals surface area contributed by atoms with Gasteiger partial charge >= 0.3 is 0 Å². The van der Waals surface area contributed by atoms with E-state index in [1.54, 1.807) is 0 Å². The molecule has 0 atom stereocenters. The van der Waals surface area contributed by atoms with Gasteiger partial charge in [-0.2, -0.15) is 5.26 Å². The maximum Gasteiger partial charge on any atom is 0.125 e. The molecule has 0 bridgehead atoms. The Morgan fingerprint density at radius 1 is 1.39 bits per heavy atom. The quantitative estimate of drug-likeness (QED) is 0.783. The third kappa shape index (κ3) is 3.90. The van der Waals surface area contributed by atoms with Crippen molar-refractivity contribution in [3.05, 3.63) is 41.0 Å². The molecule has 1 aromatic carbocycles. The minimum Gasteiger partial charge on any atom is -0.489 e. The predicted octanol–water partition coefficient (Wildman–Crippen LogP) is 2.72. The molecule has 0 saturated carbocycles. The van der Waals surface area contributed by atoms with Crippen LogP contribution in [0.4, 0.5) is 0 Å². The zero-order valence-electron chi connectivity index (χ0n) is 11.3. The Balaban J connectivity index is 2.68. The van der Waals surface area contributed by atoms with E-state index in [1.165, 1.54) is 0 Å². The van der Waals surface area contributed by atoms with Crippen molar-refractivity contribution in [2.45, 2.75) is 20.8 Å². The molecule has 1 rings (SSSR count). The summed E-state index contributed by atoms with van der Waals surface area (Å²) in [6.45, 7) is 12.1. The molecule has 3 heteroatoms. The van der Waals surface area contributed by atoms with E-state index in [9.17, 15) is 0 Å². The van der Waals surface area contributed by atoms with Gasteiger partial charge in [0, 0.05) is 6.54 Å². The highest BCUT2D eigenvalue weighted by Gasteiger charge is 2.07. The molecule has 0 aromatic heterocycles. The second-order valence-electron chi connectivity index (χ2n) is 4.37. The summed E-state index contributed by atoms with van der Waals surface area (Å²) < 4.78 is 5.78. The van der Waals surface area contributed by atoms with Crippen molar-refractivity contribution in [3.63, 3.8) is 0 Å². The van der Waals surface area contributed by atoms with Crippen molar-refractivity contribution in [1.29, 1.82) is 5.26 Å². The fourth-order valence-electron chi connectivity index (χ4n) is 1.77. The van der Waals surface area contributed by atoms with Gasteiger partial charge in [-0.25, -0.2) is 0 Å². The van der Waals surface area contributed by atoms with E-state index < -0.39 is 0 Å². The van der Waals surface area contributed by atoms with Gasteiger partial charge in [0.1, 0.15) is 12.4 Å². The number of hydrogen-bond acceptors (Lipinski definition) is 3. The van der Waals surface area contributed by atoms with Crippen LogP contribution in [0.1, 0.15) is 23.6 Å². The maximum atomic E-state index is 8.88. The highest BCUT2D eigenvalue weighted by molar-refractivity contribution is 5.47. The van der Waals surface area contributed by atoms with Gasteiger partial charge in [-0.15, -0.1) is 0 Å². The molecule has 0 aliphatic rings. The Labute approximate surface area is 109 Å². The molecule has 96 valence electrons. The normalized spacial score (nSPS) is 9.89. The van der Waals surface area contributed by atoms with E-state index in [-0.39, 0.29) is 0 Å². The lowest BCUT2D eigenvalue weighted by atomic mass is 10.1. The minimum atomic E-state index is 0.501. The van der Waals surface area contributed by atoms with Crippen LogP contribution < -0.4 is 10.1 Å². The van der Waals surface area contributed by atoms with Gasteiger partial charge in [0.05, 0.1) is 11.6 Å². The van der Waals surface area contributed by atoms with Gasteiger partial charge in [-0.3, -0.25) is 0 Å². The van der Waals surface area contributed by atoms with Crippen molar-refractivity contribution in [1.82, 2.24) is 5.32 Å². The summed E-state index contributed by atoms with van der Waals surface area (Å²) in [5, 5.41) is 12.1. The molecule has 0 aliphatic heterocycles. The monoisotopic (exact) mass is 244 g/mol. The number of hydrogen-bond donors (Lipinski definition) is 1. The lowest BCUT2D eigenvalue weighted by Gasteiger charge is -2.14. The number of nitriles is 1. The van der Waals surface area contributed by atoms with Gasteiger partial charge in [-0.05, 0) is 49.2 Å². The van der Waals surface area contributed by atoms with Crippen LogP contribution in [0.15, 0.2) is 24.3 Å².